The first-order valence-corrected chi connectivity index (χ1v) is 13.5. The Kier molecular flexibility index (Phi) is 10.3. The summed E-state index contributed by atoms with van der Waals surface area (Å²) in [6, 6.07) is 10.6. The molecule has 0 aliphatic heterocycles. The molecular weight excluding hydrogens is 534 g/mol. The van der Waals surface area contributed by atoms with Crippen molar-refractivity contribution in [2.45, 2.75) is 33.2 Å². The molecule has 0 saturated carbocycles. The third-order valence-corrected chi connectivity index (χ3v) is 6.90. The van der Waals surface area contributed by atoms with Crippen molar-refractivity contribution in [2.24, 2.45) is 11.7 Å². The van der Waals surface area contributed by atoms with Crippen LogP contribution < -0.4 is 35.9 Å². The summed E-state index contributed by atoms with van der Waals surface area (Å²) in [5.74, 6) is -0.160. The minimum atomic E-state index is -1.13. The smallest absolute Gasteiger partial charge is 0.273 e. The first-order valence-electron chi connectivity index (χ1n) is 12.7. The largest absolute Gasteiger partial charge is 0.494 e. The molecule has 0 spiro atoms. The zero-order chi connectivity index (χ0) is 29.4. The molecule has 5 N–H and O–H groups in total. The highest BCUT2D eigenvalue weighted by Crippen LogP contribution is 2.38. The van der Waals surface area contributed by atoms with Gasteiger partial charge < -0.3 is 31.0 Å². The molecule has 0 bridgehead atoms. The number of carbonyl (C=O) groups is 3. The van der Waals surface area contributed by atoms with Gasteiger partial charge in [0.1, 0.15) is 16.7 Å². The van der Waals surface area contributed by atoms with Gasteiger partial charge in [-0.1, -0.05) is 26.0 Å². The molecule has 3 amide bonds. The van der Waals surface area contributed by atoms with Crippen molar-refractivity contribution in [3.8, 4) is 17.2 Å². The number of primary amides is 1. The Balaban J connectivity index is 2.22. The summed E-state index contributed by atoms with van der Waals surface area (Å²) in [5, 5.41) is 2.96. The number of nitrogens with zero attached hydrogens (tertiary/aromatic N) is 2. The van der Waals surface area contributed by atoms with Crippen molar-refractivity contribution in [3.05, 3.63) is 58.6 Å². The number of ether oxygens (including phenoxy) is 3. The van der Waals surface area contributed by atoms with Crippen molar-refractivity contribution < 1.29 is 28.6 Å². The molecule has 0 saturated heterocycles. The number of carbonyl (C=O) groups excluding carboxylic acids is 3. The lowest BCUT2D eigenvalue weighted by atomic mass is 10.0. The van der Waals surface area contributed by atoms with Crippen LogP contribution in [-0.4, -0.2) is 49.5 Å². The van der Waals surface area contributed by atoms with E-state index in [1.807, 2.05) is 6.92 Å². The number of hydrogen-bond acceptors (Lipinski definition) is 9. The van der Waals surface area contributed by atoms with Crippen LogP contribution in [0.1, 0.15) is 59.0 Å². The number of anilines is 2. The zero-order valence-corrected chi connectivity index (χ0v) is 24.0. The molecule has 40 heavy (non-hydrogen) atoms. The van der Waals surface area contributed by atoms with Gasteiger partial charge in [-0.3, -0.25) is 19.3 Å². The summed E-state index contributed by atoms with van der Waals surface area (Å²) in [6.07, 6.45) is 0.746. The van der Waals surface area contributed by atoms with Crippen LogP contribution in [-0.2, 0) is 4.79 Å². The van der Waals surface area contributed by atoms with Crippen molar-refractivity contribution in [2.75, 3.05) is 38.0 Å². The average molecular weight is 570 g/mol. The van der Waals surface area contributed by atoms with Crippen LogP contribution in [0.2, 0.25) is 0 Å². The lowest BCUT2D eigenvalue weighted by Crippen LogP contribution is -2.44. The van der Waals surface area contributed by atoms with Crippen molar-refractivity contribution >= 4 is 40.6 Å². The van der Waals surface area contributed by atoms with E-state index >= 15 is 0 Å². The van der Waals surface area contributed by atoms with E-state index in [1.165, 1.54) is 19.1 Å². The molecule has 3 aromatic rings. The fourth-order valence-electron chi connectivity index (χ4n) is 4.01. The van der Waals surface area contributed by atoms with Crippen LogP contribution in [0.25, 0.3) is 0 Å². The van der Waals surface area contributed by atoms with Gasteiger partial charge >= 0.3 is 0 Å². The van der Waals surface area contributed by atoms with E-state index in [4.69, 9.17) is 25.7 Å². The van der Waals surface area contributed by atoms with Crippen molar-refractivity contribution in [3.63, 3.8) is 0 Å². The Labute approximate surface area is 237 Å². The predicted molar refractivity (Wildman–Crippen MR) is 154 cm³/mol. The normalized spacial score (nSPS) is 11.6. The number of rotatable bonds is 13. The predicted octanol–water partition coefficient (Wildman–Crippen LogP) is 3.79. The Hall–Kier alpha value is -4.32. The van der Waals surface area contributed by atoms with Crippen LogP contribution in [0.4, 0.5) is 11.4 Å². The van der Waals surface area contributed by atoms with E-state index in [2.05, 4.69) is 23.5 Å². The Morgan fingerprint density at radius 2 is 1.73 bits per heavy atom. The highest BCUT2D eigenvalue weighted by Gasteiger charge is 2.36. The maximum Gasteiger partial charge on any atom is 0.273 e. The number of aromatic nitrogens is 1. The molecule has 2 aromatic carbocycles. The summed E-state index contributed by atoms with van der Waals surface area (Å²) < 4.78 is 20.4. The van der Waals surface area contributed by atoms with E-state index in [0.29, 0.717) is 47.6 Å². The van der Waals surface area contributed by atoms with E-state index in [0.717, 1.165) is 18.0 Å². The van der Waals surface area contributed by atoms with Gasteiger partial charge in [-0.25, -0.2) is 0 Å². The maximum atomic E-state index is 14.2. The lowest BCUT2D eigenvalue weighted by Gasteiger charge is -2.32. The number of nitrogen functional groups attached to an aromatic ring is 1. The quantitative estimate of drug-likeness (QED) is 0.280. The molecule has 11 nitrogen and oxygen atoms in total. The molecule has 1 atom stereocenters. The molecule has 214 valence electrons. The molecule has 0 aliphatic carbocycles. The highest BCUT2D eigenvalue weighted by molar-refractivity contribution is 7.09. The van der Waals surface area contributed by atoms with Crippen LogP contribution in [0, 0.1) is 5.92 Å². The summed E-state index contributed by atoms with van der Waals surface area (Å²) >= 11 is 0.734. The van der Waals surface area contributed by atoms with Gasteiger partial charge in [0, 0.05) is 18.3 Å². The number of nitrogens with one attached hydrogen (secondary N) is 1. The highest BCUT2D eigenvalue weighted by atomic mass is 32.1. The fourth-order valence-corrected chi connectivity index (χ4v) is 4.75. The Bertz CT molecular complexity index is 1340. The van der Waals surface area contributed by atoms with E-state index in [1.54, 1.807) is 42.5 Å². The number of amides is 3. The second-order valence-electron chi connectivity index (χ2n) is 9.23. The average Bonchev–Trinajstić information content (AvgIpc) is 3.33. The molecule has 1 heterocycles. The summed E-state index contributed by atoms with van der Waals surface area (Å²) in [4.78, 5) is 41.2. The Morgan fingerprint density at radius 1 is 1.05 bits per heavy atom. The van der Waals surface area contributed by atoms with Gasteiger partial charge in [0.25, 0.3) is 11.8 Å². The standard InChI is InChI=1S/C28H35N5O6S/c1-6-39-19-10-7-17(8-11-19)24(27(35)31-14-13-16(2)3)33(18-9-12-20(37-4)21(15-18)38-5)28(36)25-22(29)23(26(30)34)32-40-25/h7-12,15-16,24H,6,13-14,29H2,1-5H3,(H2,30,34)(H,31,35). The van der Waals surface area contributed by atoms with Crippen LogP contribution >= 0.6 is 11.5 Å². The molecule has 0 fully saturated rings. The van der Waals surface area contributed by atoms with Crippen LogP contribution in [0.3, 0.4) is 0 Å². The third-order valence-electron chi connectivity index (χ3n) is 6.05. The molecule has 3 rings (SSSR count). The molecule has 0 aliphatic rings. The van der Waals surface area contributed by atoms with Gasteiger partial charge in [0.15, 0.2) is 17.2 Å². The monoisotopic (exact) mass is 569 g/mol. The summed E-state index contributed by atoms with van der Waals surface area (Å²) in [7, 11) is 2.96. The summed E-state index contributed by atoms with van der Waals surface area (Å²) in [5.41, 5.74) is 12.0. The van der Waals surface area contributed by atoms with Gasteiger partial charge in [0.2, 0.25) is 5.91 Å². The molecular formula is C28H35N5O6S. The van der Waals surface area contributed by atoms with Gasteiger partial charge in [-0.15, -0.1) is 0 Å². The number of methoxy groups -OCH3 is 2. The number of benzene rings is 2. The second-order valence-corrected chi connectivity index (χ2v) is 10.0. The molecule has 1 aromatic heterocycles. The van der Waals surface area contributed by atoms with Crippen molar-refractivity contribution in [1.82, 2.24) is 9.69 Å². The van der Waals surface area contributed by atoms with Gasteiger partial charge in [-0.2, -0.15) is 4.37 Å². The topological polar surface area (TPSA) is 159 Å². The minimum absolute atomic E-state index is 0.0329. The maximum absolute atomic E-state index is 14.2. The van der Waals surface area contributed by atoms with Crippen LogP contribution in [0.5, 0.6) is 17.2 Å². The van der Waals surface area contributed by atoms with E-state index < -0.39 is 23.8 Å². The minimum Gasteiger partial charge on any atom is -0.494 e. The summed E-state index contributed by atoms with van der Waals surface area (Å²) in [6.45, 7) is 6.86. The van der Waals surface area contributed by atoms with E-state index in [-0.39, 0.29) is 16.3 Å². The lowest BCUT2D eigenvalue weighted by molar-refractivity contribution is -0.122. The SMILES string of the molecule is CCOc1ccc(C(C(=O)NCCC(C)C)N(C(=O)c2snc(C(N)=O)c2N)c2ccc(OC)c(OC)c2)cc1. The number of hydrogen-bond donors (Lipinski definition) is 3. The molecule has 1 unspecified atom stereocenters. The van der Waals surface area contributed by atoms with Gasteiger partial charge in [-0.05, 0) is 60.6 Å². The number of nitrogens with two attached hydrogens (primary N) is 2. The van der Waals surface area contributed by atoms with Gasteiger partial charge in [0.05, 0.1) is 26.5 Å². The zero-order valence-electron chi connectivity index (χ0n) is 23.2. The first-order chi connectivity index (χ1) is 19.1. The third kappa shape index (κ3) is 6.81. The van der Waals surface area contributed by atoms with Crippen molar-refractivity contribution in [1.29, 1.82) is 0 Å². The van der Waals surface area contributed by atoms with E-state index in [9.17, 15) is 14.4 Å². The first kappa shape index (κ1) is 30.2. The fraction of sp³-hybridized carbons (Fsp3) is 0.357. The molecule has 12 heteroatoms. The van der Waals surface area contributed by atoms with Crippen LogP contribution in [0.15, 0.2) is 42.5 Å². The molecule has 0 radical (unpaired) electrons. The Morgan fingerprint density at radius 3 is 2.27 bits per heavy atom. The second kappa shape index (κ2) is 13.7.